The van der Waals surface area contributed by atoms with Gasteiger partial charge in [-0.15, -0.1) is 0 Å². The normalized spacial score (nSPS) is 11.8. The van der Waals surface area contributed by atoms with Gasteiger partial charge in [0.15, 0.2) is 0 Å². The maximum atomic E-state index is 12.6. The molecular weight excluding hydrogens is 320 g/mol. The third kappa shape index (κ3) is 3.45. The molecule has 3 aromatic rings. The summed E-state index contributed by atoms with van der Waals surface area (Å²) < 4.78 is 7.27. The van der Waals surface area contributed by atoms with E-state index in [9.17, 15) is 9.59 Å². The average Bonchev–Trinajstić information content (AvgIpc) is 3.06. The second-order valence-electron chi connectivity index (χ2n) is 5.49. The third-order valence-corrected chi connectivity index (χ3v) is 3.89. The second kappa shape index (κ2) is 7.04. The van der Waals surface area contributed by atoms with E-state index in [1.54, 1.807) is 13.3 Å². The molecule has 0 saturated carbocycles. The molecule has 1 amide bonds. The van der Waals surface area contributed by atoms with Crippen molar-refractivity contribution in [3.05, 3.63) is 82.3 Å². The van der Waals surface area contributed by atoms with E-state index in [1.165, 1.54) is 18.3 Å². The van der Waals surface area contributed by atoms with Crippen molar-refractivity contribution in [3.8, 4) is 5.75 Å². The number of carbonyl (C=O) groups excluding carboxylic acids is 1. The van der Waals surface area contributed by atoms with Gasteiger partial charge in [-0.3, -0.25) is 9.59 Å². The van der Waals surface area contributed by atoms with Crippen molar-refractivity contribution in [1.82, 2.24) is 19.9 Å². The Hall–Kier alpha value is -3.35. The summed E-state index contributed by atoms with van der Waals surface area (Å²) in [6.45, 7) is 0. The van der Waals surface area contributed by atoms with Crippen LogP contribution in [0.15, 0.2) is 59.8 Å². The number of hydrogen-bond donors (Lipinski definition) is 2. The number of benzene rings is 1. The third-order valence-electron chi connectivity index (χ3n) is 3.89. The van der Waals surface area contributed by atoms with Gasteiger partial charge < -0.3 is 19.6 Å². The summed E-state index contributed by atoms with van der Waals surface area (Å²) in [5.41, 5.74) is 0.882. The van der Waals surface area contributed by atoms with Gasteiger partial charge in [0, 0.05) is 37.3 Å². The van der Waals surface area contributed by atoms with E-state index in [4.69, 9.17) is 4.74 Å². The fourth-order valence-electron chi connectivity index (χ4n) is 2.61. The van der Waals surface area contributed by atoms with Crippen LogP contribution in [0.4, 0.5) is 0 Å². The first-order valence-corrected chi connectivity index (χ1v) is 7.70. The van der Waals surface area contributed by atoms with Gasteiger partial charge >= 0.3 is 0 Å². The summed E-state index contributed by atoms with van der Waals surface area (Å²) in [6, 6.07) is 9.74. The Bertz CT molecular complexity index is 925. The molecule has 1 aromatic carbocycles. The molecule has 25 heavy (non-hydrogen) atoms. The lowest BCUT2D eigenvalue weighted by molar-refractivity contribution is 0.0940. The number of carbonyl (C=O) groups is 1. The van der Waals surface area contributed by atoms with Gasteiger partial charge in [-0.2, -0.15) is 0 Å². The van der Waals surface area contributed by atoms with E-state index in [0.29, 0.717) is 17.1 Å². The molecule has 7 nitrogen and oxygen atoms in total. The van der Waals surface area contributed by atoms with Crippen LogP contribution in [0.1, 0.15) is 27.8 Å². The summed E-state index contributed by atoms with van der Waals surface area (Å²) >= 11 is 0. The lowest BCUT2D eigenvalue weighted by Gasteiger charge is -2.21. The summed E-state index contributed by atoms with van der Waals surface area (Å²) in [7, 11) is 3.44. The number of hydrogen-bond acceptors (Lipinski definition) is 4. The number of aryl methyl sites for hydroxylation is 1. The number of nitrogens with one attached hydrogen (secondary N) is 2. The van der Waals surface area contributed by atoms with Crippen LogP contribution in [0, 0.1) is 0 Å². The highest BCUT2D eigenvalue weighted by Crippen LogP contribution is 2.29. The Balaban J connectivity index is 2.00. The molecular formula is C18H18N4O3. The van der Waals surface area contributed by atoms with Gasteiger partial charge in [0.2, 0.25) is 5.56 Å². The second-order valence-corrected chi connectivity index (χ2v) is 5.49. The molecule has 0 radical (unpaired) electrons. The molecule has 0 aliphatic carbocycles. The maximum absolute atomic E-state index is 12.6. The number of nitrogens with zero attached hydrogens (tertiary/aromatic N) is 2. The number of pyridine rings is 1. The van der Waals surface area contributed by atoms with Crippen LogP contribution in [0.2, 0.25) is 0 Å². The highest BCUT2D eigenvalue weighted by molar-refractivity contribution is 5.94. The van der Waals surface area contributed by atoms with Gasteiger partial charge in [-0.05, 0) is 12.1 Å². The van der Waals surface area contributed by atoms with Gasteiger partial charge in [0.1, 0.15) is 17.6 Å². The fourth-order valence-corrected chi connectivity index (χ4v) is 2.61. The lowest BCUT2D eigenvalue weighted by atomic mass is 10.0. The highest BCUT2D eigenvalue weighted by atomic mass is 16.5. The molecule has 0 saturated heterocycles. The van der Waals surface area contributed by atoms with Crippen LogP contribution in [-0.4, -0.2) is 27.6 Å². The summed E-state index contributed by atoms with van der Waals surface area (Å²) in [5, 5.41) is 2.96. The first-order chi connectivity index (χ1) is 12.1. The lowest BCUT2D eigenvalue weighted by Crippen LogP contribution is -2.31. The quantitative estimate of drug-likeness (QED) is 0.740. The largest absolute Gasteiger partial charge is 0.496 e. The fraction of sp³-hybridized carbons (Fsp3) is 0.167. The van der Waals surface area contributed by atoms with Crippen LogP contribution in [0.3, 0.4) is 0 Å². The zero-order valence-corrected chi connectivity index (χ0v) is 13.9. The Kier molecular flexibility index (Phi) is 4.65. The predicted octanol–water partition coefficient (Wildman–Crippen LogP) is 1.64. The zero-order valence-electron chi connectivity index (χ0n) is 13.9. The topological polar surface area (TPSA) is 89.0 Å². The molecule has 0 aliphatic rings. The van der Waals surface area contributed by atoms with Crippen LogP contribution in [0.25, 0.3) is 0 Å². The summed E-state index contributed by atoms with van der Waals surface area (Å²) in [4.78, 5) is 30.7. The van der Waals surface area contributed by atoms with Gasteiger partial charge in [0.05, 0.1) is 12.7 Å². The SMILES string of the molecule is COc1ccccc1[C@@H](NC(=O)c1ccc(=O)[nH]c1)c1nccn1C. The van der Waals surface area contributed by atoms with Gasteiger partial charge in [0.25, 0.3) is 5.91 Å². The summed E-state index contributed by atoms with van der Waals surface area (Å²) in [5.74, 6) is 0.995. The minimum Gasteiger partial charge on any atom is -0.496 e. The van der Waals surface area contributed by atoms with Crippen LogP contribution in [-0.2, 0) is 7.05 Å². The predicted molar refractivity (Wildman–Crippen MR) is 92.6 cm³/mol. The average molecular weight is 338 g/mol. The number of aromatic nitrogens is 3. The molecule has 128 valence electrons. The number of rotatable bonds is 5. The van der Waals surface area contributed by atoms with E-state index in [2.05, 4.69) is 15.3 Å². The minimum absolute atomic E-state index is 0.262. The van der Waals surface area contributed by atoms with E-state index in [-0.39, 0.29) is 11.5 Å². The zero-order chi connectivity index (χ0) is 17.8. The molecule has 0 aliphatic heterocycles. The van der Waals surface area contributed by atoms with E-state index in [1.807, 2.05) is 42.1 Å². The number of ether oxygens (including phenoxy) is 1. The van der Waals surface area contributed by atoms with E-state index < -0.39 is 6.04 Å². The Labute approximate surface area is 144 Å². The molecule has 2 aromatic heterocycles. The monoisotopic (exact) mass is 338 g/mol. The van der Waals surface area contributed by atoms with E-state index >= 15 is 0 Å². The number of imidazole rings is 1. The number of methoxy groups -OCH3 is 1. The van der Waals surface area contributed by atoms with Crippen molar-refractivity contribution in [2.75, 3.05) is 7.11 Å². The van der Waals surface area contributed by atoms with Crippen molar-refractivity contribution < 1.29 is 9.53 Å². The molecule has 0 spiro atoms. The highest BCUT2D eigenvalue weighted by Gasteiger charge is 2.24. The maximum Gasteiger partial charge on any atom is 0.253 e. The van der Waals surface area contributed by atoms with Crippen LogP contribution in [0.5, 0.6) is 5.75 Å². The molecule has 1 atom stereocenters. The first kappa shape index (κ1) is 16.5. The van der Waals surface area contributed by atoms with Crippen molar-refractivity contribution in [1.29, 1.82) is 0 Å². The summed E-state index contributed by atoms with van der Waals surface area (Å²) in [6.07, 6.45) is 4.86. The van der Waals surface area contributed by atoms with Crippen molar-refractivity contribution in [2.45, 2.75) is 6.04 Å². The molecule has 0 fully saturated rings. The molecule has 3 rings (SSSR count). The van der Waals surface area contributed by atoms with Crippen LogP contribution >= 0.6 is 0 Å². The number of para-hydroxylation sites is 1. The van der Waals surface area contributed by atoms with Crippen molar-refractivity contribution >= 4 is 5.91 Å². The van der Waals surface area contributed by atoms with Crippen molar-refractivity contribution in [2.24, 2.45) is 7.05 Å². The van der Waals surface area contributed by atoms with E-state index in [0.717, 1.165) is 5.56 Å². The molecule has 0 unspecified atom stereocenters. The molecule has 0 bridgehead atoms. The smallest absolute Gasteiger partial charge is 0.253 e. The van der Waals surface area contributed by atoms with Crippen molar-refractivity contribution in [3.63, 3.8) is 0 Å². The van der Waals surface area contributed by atoms with Gasteiger partial charge in [-0.25, -0.2) is 4.98 Å². The first-order valence-electron chi connectivity index (χ1n) is 7.70. The molecule has 2 heterocycles. The Morgan fingerprint density at radius 3 is 2.72 bits per heavy atom. The molecule has 7 heteroatoms. The Morgan fingerprint density at radius 1 is 1.28 bits per heavy atom. The molecule has 2 N–H and O–H groups in total. The van der Waals surface area contributed by atoms with Gasteiger partial charge in [-0.1, -0.05) is 18.2 Å². The Morgan fingerprint density at radius 2 is 2.08 bits per heavy atom. The number of amides is 1. The number of aromatic amines is 1. The number of H-pyrrole nitrogens is 1. The minimum atomic E-state index is -0.504. The standard InChI is InChI=1S/C18H18N4O3/c1-22-10-9-19-17(22)16(13-5-3-4-6-14(13)25-2)21-18(24)12-7-8-15(23)20-11-12/h3-11,16H,1-2H3,(H,20,23)(H,21,24)/t16-/m1/s1. The van der Waals surface area contributed by atoms with Crippen LogP contribution < -0.4 is 15.6 Å².